The zero-order valence-corrected chi connectivity index (χ0v) is 18.6. The van der Waals surface area contributed by atoms with Gasteiger partial charge in [0, 0.05) is 11.0 Å². The molecule has 0 heterocycles. The lowest BCUT2D eigenvalue weighted by Crippen LogP contribution is -2.44. The number of hydrogen-bond donors (Lipinski definition) is 3. The van der Waals surface area contributed by atoms with Gasteiger partial charge in [0.2, 0.25) is 0 Å². The van der Waals surface area contributed by atoms with E-state index in [0.29, 0.717) is 12.1 Å². The quantitative estimate of drug-likeness (QED) is 0.147. The van der Waals surface area contributed by atoms with Crippen molar-refractivity contribution >= 4 is 30.2 Å². The number of unbranched alkanes of at least 4 members (excludes halogenated alkanes) is 1. The first-order valence-corrected chi connectivity index (χ1v) is 11.2. The highest BCUT2D eigenvalue weighted by atomic mass is 79.9. The molecule has 164 valence electrons. The molecule has 2 aromatic rings. The Morgan fingerprint density at radius 3 is 2.53 bits per heavy atom. The topological polar surface area (TPSA) is 105 Å². The first-order valence-electron chi connectivity index (χ1n) is 9.11. The molecule has 0 aliphatic heterocycles. The number of aryl methyl sites for hydroxylation is 1. The number of rotatable bonds is 10. The summed E-state index contributed by atoms with van der Waals surface area (Å²) in [6, 6.07) is 13.3. The smallest absolute Gasteiger partial charge is 0.337 e. The summed E-state index contributed by atoms with van der Waals surface area (Å²) in [7, 11) is -3.83. The maximum absolute atomic E-state index is 13.8. The maximum Gasteiger partial charge on any atom is 0.390 e. The van der Waals surface area contributed by atoms with E-state index in [1.807, 2.05) is 18.2 Å². The highest BCUT2D eigenvalue weighted by Gasteiger charge is 2.37. The Labute approximate surface area is 182 Å². The number of hydrazine groups is 1. The number of nitrogens with one attached hydrogen (secondary N) is 1. The van der Waals surface area contributed by atoms with Gasteiger partial charge in [0.15, 0.2) is 0 Å². The molecule has 2 aromatic carbocycles. The third-order valence-electron chi connectivity index (χ3n) is 4.19. The fourth-order valence-corrected chi connectivity index (χ4v) is 3.71. The van der Waals surface area contributed by atoms with Crippen LogP contribution < -0.4 is 11.2 Å². The molecule has 1 atom stereocenters. The molecule has 30 heavy (non-hydrogen) atoms. The van der Waals surface area contributed by atoms with Crippen molar-refractivity contribution < 1.29 is 27.6 Å². The fraction of sp³-hybridized carbons (Fsp3) is 0.316. The first-order chi connectivity index (χ1) is 14.2. The molecule has 0 fully saturated rings. The number of nitrogens with two attached hydrogens (primary N) is 1. The first kappa shape index (κ1) is 24.4. The van der Waals surface area contributed by atoms with Crippen molar-refractivity contribution in [1.29, 1.82) is 0 Å². The summed E-state index contributed by atoms with van der Waals surface area (Å²) in [5.74, 6) is 5.76. The van der Waals surface area contributed by atoms with Gasteiger partial charge < -0.3 is 10.2 Å². The van der Waals surface area contributed by atoms with Gasteiger partial charge >= 0.3 is 20.4 Å². The lowest BCUT2D eigenvalue weighted by molar-refractivity contribution is -0.186. The second-order valence-electron chi connectivity index (χ2n) is 6.50. The molecule has 11 heteroatoms. The Hall–Kier alpha value is -1.84. The van der Waals surface area contributed by atoms with E-state index >= 15 is 0 Å². The molecule has 1 unspecified atom stereocenters. The second kappa shape index (κ2) is 11.5. The highest BCUT2D eigenvalue weighted by molar-refractivity contribution is 9.10. The third-order valence-corrected chi connectivity index (χ3v) is 5.27. The minimum atomic E-state index is -3.93. The van der Waals surface area contributed by atoms with Crippen LogP contribution in [0.25, 0.3) is 0 Å². The molecular formula is C19H23BrF2N3O4P. The molecule has 4 N–H and O–H groups in total. The van der Waals surface area contributed by atoms with Crippen molar-refractivity contribution in [2.75, 3.05) is 6.54 Å². The van der Waals surface area contributed by atoms with E-state index in [1.54, 1.807) is 0 Å². The SMILES string of the molecule is NN(Cc1ccc(C(F)(F)O[PH](=O)O)c(Br)c1)C(=O)NCCCCc1ccccc1. The van der Waals surface area contributed by atoms with E-state index in [0.717, 1.165) is 30.3 Å². The number of alkyl halides is 2. The van der Waals surface area contributed by atoms with E-state index in [-0.39, 0.29) is 11.0 Å². The van der Waals surface area contributed by atoms with Crippen molar-refractivity contribution in [3.05, 3.63) is 69.7 Å². The molecule has 2 amide bonds. The van der Waals surface area contributed by atoms with Crippen LogP contribution in [0.1, 0.15) is 29.5 Å². The zero-order valence-electron chi connectivity index (χ0n) is 16.0. The number of benzene rings is 2. The van der Waals surface area contributed by atoms with Crippen LogP contribution in [-0.2, 0) is 28.2 Å². The van der Waals surface area contributed by atoms with Crippen LogP contribution in [0.5, 0.6) is 0 Å². The number of nitrogens with zero attached hydrogens (tertiary/aromatic N) is 1. The number of halogens is 3. The minimum Gasteiger partial charge on any atom is -0.337 e. The van der Waals surface area contributed by atoms with Crippen LogP contribution in [0.2, 0.25) is 0 Å². The van der Waals surface area contributed by atoms with Crippen LogP contribution in [-0.4, -0.2) is 22.5 Å². The summed E-state index contributed by atoms with van der Waals surface area (Å²) < 4.78 is 42.0. The Kier molecular flexibility index (Phi) is 9.38. The molecule has 0 saturated carbocycles. The predicted molar refractivity (Wildman–Crippen MR) is 113 cm³/mol. The second-order valence-corrected chi connectivity index (χ2v) is 8.09. The lowest BCUT2D eigenvalue weighted by Gasteiger charge is -2.20. The zero-order chi connectivity index (χ0) is 22.1. The molecule has 0 saturated heterocycles. The molecule has 0 aliphatic carbocycles. The van der Waals surface area contributed by atoms with Crippen molar-refractivity contribution in [1.82, 2.24) is 10.3 Å². The van der Waals surface area contributed by atoms with Gasteiger partial charge in [-0.25, -0.2) is 15.2 Å². The monoisotopic (exact) mass is 505 g/mol. The maximum atomic E-state index is 13.8. The normalized spacial score (nSPS) is 12.4. The summed E-state index contributed by atoms with van der Waals surface area (Å²) in [5.41, 5.74) is 1.12. The van der Waals surface area contributed by atoms with E-state index in [4.69, 9.17) is 10.7 Å². The Balaban J connectivity index is 1.80. The Morgan fingerprint density at radius 2 is 1.90 bits per heavy atom. The molecule has 0 radical (unpaired) electrons. The fourth-order valence-electron chi connectivity index (χ4n) is 2.72. The van der Waals surface area contributed by atoms with Crippen LogP contribution in [0.3, 0.4) is 0 Å². The van der Waals surface area contributed by atoms with Gasteiger partial charge in [-0.2, -0.15) is 8.78 Å². The molecule has 2 rings (SSSR count). The molecule has 0 aliphatic rings. The van der Waals surface area contributed by atoms with E-state index in [2.05, 4.69) is 37.9 Å². The minimum absolute atomic E-state index is 0.0161. The van der Waals surface area contributed by atoms with Crippen LogP contribution in [0.15, 0.2) is 53.0 Å². The number of carbonyl (C=O) groups excluding carboxylic acids is 1. The average Bonchev–Trinajstić information content (AvgIpc) is 2.67. The van der Waals surface area contributed by atoms with E-state index in [9.17, 15) is 18.1 Å². The molecule has 0 bridgehead atoms. The van der Waals surface area contributed by atoms with E-state index in [1.165, 1.54) is 17.7 Å². The summed E-state index contributed by atoms with van der Waals surface area (Å²) in [5, 5.41) is 3.66. The summed E-state index contributed by atoms with van der Waals surface area (Å²) in [4.78, 5) is 20.7. The standard InChI is InChI=1S/C19H23BrF2N3O4P/c20-17-12-15(9-10-16(17)19(21,22)29-30(27)28)13-25(23)18(26)24-11-5-4-8-14-6-2-1-3-7-14/h1-3,6-7,9-10,12,30H,4-5,8,11,13,23H2,(H,24,26)(H,27,28). The molecular weight excluding hydrogens is 483 g/mol. The highest BCUT2D eigenvalue weighted by Crippen LogP contribution is 2.40. The number of amides is 2. The Morgan fingerprint density at radius 1 is 1.20 bits per heavy atom. The molecule has 0 aromatic heterocycles. The summed E-state index contributed by atoms with van der Waals surface area (Å²) in [6.45, 7) is 0.448. The number of carbonyl (C=O) groups is 1. The van der Waals surface area contributed by atoms with Crippen molar-refractivity contribution in [3.8, 4) is 0 Å². The van der Waals surface area contributed by atoms with Gasteiger partial charge in [-0.1, -0.05) is 52.3 Å². The summed E-state index contributed by atoms with van der Waals surface area (Å²) in [6.07, 6.45) is -1.30. The predicted octanol–water partition coefficient (Wildman–Crippen LogP) is 4.31. The molecule has 7 nitrogen and oxygen atoms in total. The van der Waals surface area contributed by atoms with Gasteiger partial charge in [0.1, 0.15) is 0 Å². The largest absolute Gasteiger partial charge is 0.390 e. The van der Waals surface area contributed by atoms with Crippen LogP contribution >= 0.6 is 24.2 Å². The van der Waals surface area contributed by atoms with Gasteiger partial charge in [-0.15, -0.1) is 0 Å². The number of hydrogen-bond acceptors (Lipinski definition) is 4. The van der Waals surface area contributed by atoms with E-state index < -0.39 is 26.0 Å². The van der Waals surface area contributed by atoms with Gasteiger partial charge in [0.25, 0.3) is 0 Å². The number of urea groups is 1. The lowest BCUT2D eigenvalue weighted by atomic mass is 10.1. The molecule has 0 spiro atoms. The van der Waals surface area contributed by atoms with Crippen molar-refractivity contribution in [2.24, 2.45) is 5.84 Å². The third kappa shape index (κ3) is 7.77. The van der Waals surface area contributed by atoms with Gasteiger partial charge in [0.05, 0.1) is 12.1 Å². The van der Waals surface area contributed by atoms with Crippen LogP contribution in [0.4, 0.5) is 13.6 Å². The summed E-state index contributed by atoms with van der Waals surface area (Å²) >= 11 is 2.99. The van der Waals surface area contributed by atoms with Crippen LogP contribution in [0, 0.1) is 0 Å². The van der Waals surface area contributed by atoms with Gasteiger partial charge in [-0.05, 0) is 42.5 Å². The van der Waals surface area contributed by atoms with Crippen molar-refractivity contribution in [3.63, 3.8) is 0 Å². The Bertz CT molecular complexity index is 874. The van der Waals surface area contributed by atoms with Gasteiger partial charge in [-0.3, -0.25) is 9.57 Å². The van der Waals surface area contributed by atoms with Crippen molar-refractivity contribution in [2.45, 2.75) is 31.9 Å². The average molecular weight is 506 g/mol.